The molecule has 0 radical (unpaired) electrons. The lowest BCUT2D eigenvalue weighted by molar-refractivity contribution is -0.149. The zero-order valence-corrected chi connectivity index (χ0v) is 27.9. The Morgan fingerprint density at radius 2 is 1.71 bits per heavy atom. The van der Waals surface area contributed by atoms with Crippen molar-refractivity contribution in [3.63, 3.8) is 0 Å². The number of ether oxygens (including phenoxy) is 1. The summed E-state index contributed by atoms with van der Waals surface area (Å²) in [4.78, 5) is 59.9. The molecule has 1 saturated carbocycles. The molecule has 1 saturated heterocycles. The highest BCUT2D eigenvalue weighted by atomic mass is 19.3. The fourth-order valence-electron chi connectivity index (χ4n) is 6.15. The third kappa shape index (κ3) is 8.82. The topological polar surface area (TPSA) is 133 Å². The molecule has 14 heteroatoms. The SMILES string of the molecule is CCC(=O)NC(C(=O)N1CCN(C)CC1)C(C)c1ccc(NC(=O)C(NC(=O)C(F)(F)c2cncc(OC)c2)C2CCCCC2)c(F)c1. The van der Waals surface area contributed by atoms with E-state index in [0.29, 0.717) is 44.6 Å². The Labute approximate surface area is 279 Å². The van der Waals surface area contributed by atoms with Gasteiger partial charge in [-0.15, -0.1) is 0 Å². The molecule has 48 heavy (non-hydrogen) atoms. The van der Waals surface area contributed by atoms with Gasteiger partial charge in [0.25, 0.3) is 5.91 Å². The number of halogens is 3. The van der Waals surface area contributed by atoms with Gasteiger partial charge in [-0.25, -0.2) is 4.39 Å². The quantitative estimate of drug-likeness (QED) is 0.312. The van der Waals surface area contributed by atoms with Crippen molar-refractivity contribution >= 4 is 29.3 Å². The van der Waals surface area contributed by atoms with Crippen LogP contribution in [0.5, 0.6) is 5.75 Å². The fraction of sp³-hybridized carbons (Fsp3) is 0.559. The largest absolute Gasteiger partial charge is 0.495 e. The maximum atomic E-state index is 15.6. The van der Waals surface area contributed by atoms with Gasteiger partial charge in [-0.05, 0) is 49.6 Å². The minimum Gasteiger partial charge on any atom is -0.495 e. The van der Waals surface area contributed by atoms with Crippen molar-refractivity contribution in [2.45, 2.75) is 76.3 Å². The summed E-state index contributed by atoms with van der Waals surface area (Å²) < 4.78 is 51.1. The number of carbonyl (C=O) groups is 4. The van der Waals surface area contributed by atoms with Gasteiger partial charge in [0.1, 0.15) is 23.7 Å². The average Bonchev–Trinajstić information content (AvgIpc) is 3.10. The number of pyridine rings is 1. The molecule has 262 valence electrons. The predicted octanol–water partition coefficient (Wildman–Crippen LogP) is 3.80. The molecule has 2 heterocycles. The first-order valence-corrected chi connectivity index (χ1v) is 16.4. The second kappa shape index (κ2) is 16.3. The van der Waals surface area contributed by atoms with Crippen molar-refractivity contribution < 1.29 is 37.1 Å². The molecule has 3 N–H and O–H groups in total. The smallest absolute Gasteiger partial charge is 0.351 e. The Kier molecular flexibility index (Phi) is 12.4. The Morgan fingerprint density at radius 3 is 2.33 bits per heavy atom. The molecule has 1 aromatic carbocycles. The van der Waals surface area contributed by atoms with Crippen LogP contribution in [0.15, 0.2) is 36.7 Å². The van der Waals surface area contributed by atoms with E-state index in [0.717, 1.165) is 31.5 Å². The van der Waals surface area contributed by atoms with Gasteiger partial charge in [-0.1, -0.05) is 39.2 Å². The van der Waals surface area contributed by atoms with Crippen LogP contribution in [0, 0.1) is 11.7 Å². The van der Waals surface area contributed by atoms with Crippen molar-refractivity contribution in [3.05, 3.63) is 53.6 Å². The standard InChI is InChI=1S/C34H45F3N6O5/c1-5-28(44)40-29(32(46)43-15-13-42(3)14-16-43)21(2)23-11-12-27(26(35)17-23)39-31(45)30(22-9-7-6-8-10-22)41-33(47)34(36,37)24-18-25(48-4)20-38-19-24/h11-12,17-22,29-30H,5-10,13-16H2,1-4H3,(H,39,45)(H,40,44)(H,41,47). The maximum Gasteiger partial charge on any atom is 0.351 e. The summed E-state index contributed by atoms with van der Waals surface area (Å²) in [6, 6.07) is 2.76. The summed E-state index contributed by atoms with van der Waals surface area (Å²) in [7, 11) is 3.25. The van der Waals surface area contributed by atoms with Crippen LogP contribution in [0.3, 0.4) is 0 Å². The van der Waals surface area contributed by atoms with E-state index in [1.165, 1.54) is 25.4 Å². The summed E-state index contributed by atoms with van der Waals surface area (Å²) in [6.07, 6.45) is 5.71. The van der Waals surface area contributed by atoms with E-state index < -0.39 is 53.0 Å². The van der Waals surface area contributed by atoms with Crippen LogP contribution in [0.1, 0.15) is 69.4 Å². The number of benzene rings is 1. The summed E-state index contributed by atoms with van der Waals surface area (Å²) >= 11 is 0. The number of hydrogen-bond acceptors (Lipinski definition) is 7. The van der Waals surface area contributed by atoms with Gasteiger partial charge in [-0.2, -0.15) is 8.78 Å². The number of piperazine rings is 1. The lowest BCUT2D eigenvalue weighted by atomic mass is 9.83. The van der Waals surface area contributed by atoms with E-state index in [2.05, 4.69) is 25.8 Å². The molecule has 11 nitrogen and oxygen atoms in total. The number of aromatic nitrogens is 1. The van der Waals surface area contributed by atoms with Crippen LogP contribution in [0.4, 0.5) is 18.9 Å². The van der Waals surface area contributed by atoms with E-state index >= 15 is 13.2 Å². The van der Waals surface area contributed by atoms with E-state index in [1.807, 2.05) is 7.05 Å². The summed E-state index contributed by atoms with van der Waals surface area (Å²) in [5.41, 5.74) is -0.496. The molecule has 2 aromatic rings. The first-order chi connectivity index (χ1) is 22.8. The molecular weight excluding hydrogens is 629 g/mol. The third-order valence-electron chi connectivity index (χ3n) is 9.28. The minimum atomic E-state index is -4.02. The number of hydrogen-bond donors (Lipinski definition) is 3. The number of rotatable bonds is 12. The number of amides is 4. The number of methoxy groups -OCH3 is 1. The van der Waals surface area contributed by atoms with Crippen molar-refractivity contribution in [1.82, 2.24) is 25.4 Å². The Bertz CT molecular complexity index is 1460. The second-order valence-electron chi connectivity index (χ2n) is 12.6. The van der Waals surface area contributed by atoms with Gasteiger partial charge in [0.05, 0.1) is 24.6 Å². The van der Waals surface area contributed by atoms with Gasteiger partial charge in [-0.3, -0.25) is 24.2 Å². The highest BCUT2D eigenvalue weighted by molar-refractivity contribution is 5.98. The molecule has 2 fully saturated rings. The lowest BCUT2D eigenvalue weighted by Crippen LogP contribution is -2.55. The number of anilines is 1. The van der Waals surface area contributed by atoms with Crippen LogP contribution >= 0.6 is 0 Å². The maximum absolute atomic E-state index is 15.6. The van der Waals surface area contributed by atoms with E-state index in [4.69, 9.17) is 4.74 Å². The van der Waals surface area contributed by atoms with Crippen LogP contribution in [-0.2, 0) is 25.1 Å². The van der Waals surface area contributed by atoms with Crippen molar-refractivity contribution in [2.75, 3.05) is 45.7 Å². The molecule has 0 spiro atoms. The van der Waals surface area contributed by atoms with Gasteiger partial charge in [0.2, 0.25) is 17.7 Å². The second-order valence-corrected chi connectivity index (χ2v) is 12.6. The van der Waals surface area contributed by atoms with Gasteiger partial charge < -0.3 is 30.5 Å². The van der Waals surface area contributed by atoms with E-state index in [1.54, 1.807) is 24.8 Å². The predicted molar refractivity (Wildman–Crippen MR) is 173 cm³/mol. The monoisotopic (exact) mass is 674 g/mol. The minimum absolute atomic E-state index is 0.0394. The number of nitrogens with one attached hydrogen (secondary N) is 3. The number of carbonyl (C=O) groups excluding carboxylic acids is 4. The van der Waals surface area contributed by atoms with E-state index in [9.17, 15) is 19.2 Å². The molecule has 4 rings (SSSR count). The average molecular weight is 675 g/mol. The van der Waals surface area contributed by atoms with Crippen molar-refractivity contribution in [3.8, 4) is 5.75 Å². The lowest BCUT2D eigenvalue weighted by Gasteiger charge is -2.36. The Balaban J connectivity index is 1.53. The molecule has 1 aliphatic heterocycles. The zero-order valence-electron chi connectivity index (χ0n) is 27.9. The Morgan fingerprint density at radius 1 is 1.02 bits per heavy atom. The van der Waals surface area contributed by atoms with Gasteiger partial charge in [0, 0.05) is 44.7 Å². The van der Waals surface area contributed by atoms with Gasteiger partial charge in [0.15, 0.2) is 0 Å². The third-order valence-corrected chi connectivity index (χ3v) is 9.28. The molecule has 0 bridgehead atoms. The molecule has 2 aliphatic rings. The Hall–Kier alpha value is -4.20. The zero-order chi connectivity index (χ0) is 35.0. The molecule has 1 aliphatic carbocycles. The highest BCUT2D eigenvalue weighted by Crippen LogP contribution is 2.33. The number of nitrogens with zero attached hydrogens (tertiary/aromatic N) is 3. The molecule has 4 amide bonds. The first-order valence-electron chi connectivity index (χ1n) is 16.4. The molecule has 1 aromatic heterocycles. The van der Waals surface area contributed by atoms with Crippen LogP contribution in [0.2, 0.25) is 0 Å². The highest BCUT2D eigenvalue weighted by Gasteiger charge is 2.45. The van der Waals surface area contributed by atoms with Crippen LogP contribution in [-0.4, -0.2) is 90.8 Å². The summed E-state index contributed by atoms with van der Waals surface area (Å²) in [6.45, 7) is 5.77. The summed E-state index contributed by atoms with van der Waals surface area (Å²) in [5.74, 6) is -8.94. The molecule has 3 atom stereocenters. The van der Waals surface area contributed by atoms with Crippen molar-refractivity contribution in [2.24, 2.45) is 5.92 Å². The first kappa shape index (κ1) is 36.6. The van der Waals surface area contributed by atoms with Crippen LogP contribution < -0.4 is 20.7 Å². The van der Waals surface area contributed by atoms with E-state index in [-0.39, 0.29) is 29.7 Å². The van der Waals surface area contributed by atoms with Crippen molar-refractivity contribution in [1.29, 1.82) is 0 Å². The fourth-order valence-corrected chi connectivity index (χ4v) is 6.15. The summed E-state index contributed by atoms with van der Waals surface area (Å²) in [5, 5.41) is 7.51. The van der Waals surface area contributed by atoms with Crippen LogP contribution in [0.25, 0.3) is 0 Å². The number of likely N-dealkylation sites (N-methyl/N-ethyl adjacent to an activating group) is 1. The molecular formula is C34H45F3N6O5. The molecule has 3 unspecified atom stereocenters. The normalized spacial score (nSPS) is 17.9. The number of alkyl halides is 2. The van der Waals surface area contributed by atoms with Gasteiger partial charge >= 0.3 is 5.92 Å².